The van der Waals surface area contributed by atoms with Crippen LogP contribution in [0.4, 0.5) is 22.0 Å². The Bertz CT molecular complexity index is 1580. The summed E-state index contributed by atoms with van der Waals surface area (Å²) in [5.74, 6) is -2.58. The summed E-state index contributed by atoms with van der Waals surface area (Å²) in [4.78, 5) is 11.7. The lowest BCUT2D eigenvalue weighted by atomic mass is 10.0. The van der Waals surface area contributed by atoms with Crippen molar-refractivity contribution >= 4 is 25.8 Å². The summed E-state index contributed by atoms with van der Waals surface area (Å²) in [5, 5.41) is 0. The summed E-state index contributed by atoms with van der Waals surface area (Å²) >= 11 is 0. The van der Waals surface area contributed by atoms with Gasteiger partial charge in [-0.3, -0.25) is 4.79 Å². The molecule has 3 aromatic carbocycles. The van der Waals surface area contributed by atoms with Gasteiger partial charge in [0.25, 0.3) is 5.91 Å². The smallest absolute Gasteiger partial charge is 0.339 e. The average Bonchev–Trinajstić information content (AvgIpc) is 2.87. The van der Waals surface area contributed by atoms with Crippen molar-refractivity contribution in [3.63, 3.8) is 0 Å². The summed E-state index contributed by atoms with van der Waals surface area (Å²) in [5.41, 5.74) is -1.78. The lowest BCUT2D eigenvalue weighted by molar-refractivity contribution is -0.139. The number of sulfone groups is 1. The van der Waals surface area contributed by atoms with Crippen LogP contribution < -0.4 is 4.72 Å². The predicted octanol–water partition coefficient (Wildman–Crippen LogP) is 4.40. The fraction of sp³-hybridized carbons (Fsp3) is 0.240. The molecule has 0 radical (unpaired) electrons. The molecule has 3 aromatic rings. The van der Waals surface area contributed by atoms with E-state index in [0.29, 0.717) is 24.3 Å². The minimum atomic E-state index is -5.10. The number of piperidine rings is 1. The van der Waals surface area contributed by atoms with Crippen LogP contribution in [-0.2, 0) is 26.0 Å². The van der Waals surface area contributed by atoms with Gasteiger partial charge in [0.1, 0.15) is 11.6 Å². The van der Waals surface area contributed by atoms with E-state index >= 15 is 0 Å². The molecule has 4 rings (SSSR count). The van der Waals surface area contributed by atoms with Crippen molar-refractivity contribution in [3.8, 4) is 0 Å². The number of likely N-dealkylation sites (tertiary alicyclic amines) is 1. The van der Waals surface area contributed by atoms with Crippen molar-refractivity contribution in [3.05, 3.63) is 89.5 Å². The highest BCUT2D eigenvalue weighted by Crippen LogP contribution is 2.36. The van der Waals surface area contributed by atoms with Gasteiger partial charge in [-0.25, -0.2) is 30.3 Å². The Balaban J connectivity index is 1.57. The van der Waals surface area contributed by atoms with Gasteiger partial charge >= 0.3 is 6.18 Å². The van der Waals surface area contributed by atoms with Crippen LogP contribution in [0.2, 0.25) is 0 Å². The zero-order valence-corrected chi connectivity index (χ0v) is 21.6. The van der Waals surface area contributed by atoms with Gasteiger partial charge in [-0.15, -0.1) is 0 Å². The van der Waals surface area contributed by atoms with Crippen LogP contribution in [0.25, 0.3) is 0 Å². The Labute approximate surface area is 221 Å². The van der Waals surface area contributed by atoms with Crippen molar-refractivity contribution in [1.82, 2.24) is 9.62 Å². The molecule has 0 spiro atoms. The molecule has 0 bridgehead atoms. The first-order valence-corrected chi connectivity index (χ1v) is 14.4. The van der Waals surface area contributed by atoms with Gasteiger partial charge in [0.2, 0.25) is 19.9 Å². The van der Waals surface area contributed by atoms with Crippen molar-refractivity contribution in [2.24, 2.45) is 0 Å². The third-order valence-electron chi connectivity index (χ3n) is 6.13. The number of hydrogen-bond acceptors (Lipinski definition) is 5. The lowest BCUT2D eigenvalue weighted by Gasteiger charge is -2.32. The van der Waals surface area contributed by atoms with E-state index in [2.05, 4.69) is 4.72 Å². The first kappa shape index (κ1) is 28.6. The first-order chi connectivity index (χ1) is 18.2. The summed E-state index contributed by atoms with van der Waals surface area (Å²) in [7, 11) is -9.20. The minimum absolute atomic E-state index is 0.00781. The van der Waals surface area contributed by atoms with Crippen molar-refractivity contribution in [2.45, 2.75) is 39.7 Å². The normalized spacial score (nSPS) is 15.4. The molecular weight excluding hydrogens is 567 g/mol. The van der Waals surface area contributed by atoms with Crippen LogP contribution >= 0.6 is 0 Å². The molecule has 0 aromatic heterocycles. The van der Waals surface area contributed by atoms with Crippen molar-refractivity contribution in [1.29, 1.82) is 0 Å². The van der Waals surface area contributed by atoms with Gasteiger partial charge in [-0.2, -0.15) is 13.2 Å². The Morgan fingerprint density at radius 1 is 0.821 bits per heavy atom. The molecule has 1 saturated heterocycles. The van der Waals surface area contributed by atoms with Gasteiger partial charge in [0, 0.05) is 30.8 Å². The second kappa shape index (κ2) is 10.7. The number of carbonyl (C=O) groups excluding carboxylic acids is 1. The van der Waals surface area contributed by atoms with Crippen molar-refractivity contribution in [2.75, 3.05) is 13.1 Å². The summed E-state index contributed by atoms with van der Waals surface area (Å²) in [6, 6.07) is 9.84. The monoisotopic (exact) mass is 588 g/mol. The Kier molecular flexibility index (Phi) is 7.83. The Morgan fingerprint density at radius 3 is 1.97 bits per heavy atom. The van der Waals surface area contributed by atoms with Crippen LogP contribution in [0, 0.1) is 11.6 Å². The largest absolute Gasteiger partial charge is 0.417 e. The maximum absolute atomic E-state index is 13.7. The number of sulfonamides is 1. The van der Waals surface area contributed by atoms with Gasteiger partial charge in [-0.05, 0) is 55.3 Å². The molecule has 1 N–H and O–H groups in total. The highest BCUT2D eigenvalue weighted by atomic mass is 32.2. The maximum Gasteiger partial charge on any atom is 0.417 e. The standard InChI is InChI=1S/C25H21F5N2O5S2/c26-17-12-16(13-18(27)14-17)24(33)32-10-8-19(9-11-32)31-39(36,37)23-15-21(6-7-22(23)25(28,29)30)38(34,35)20-4-2-1-3-5-20/h1-7,12-15,19,31H,8-11H2. The molecular formula is C25H21F5N2O5S2. The van der Waals surface area contributed by atoms with E-state index in [1.54, 1.807) is 6.07 Å². The maximum atomic E-state index is 13.7. The minimum Gasteiger partial charge on any atom is -0.339 e. The molecule has 7 nitrogen and oxygen atoms in total. The average molecular weight is 589 g/mol. The van der Waals surface area contributed by atoms with E-state index in [1.165, 1.54) is 29.2 Å². The third-order valence-corrected chi connectivity index (χ3v) is 9.45. The number of hydrogen-bond donors (Lipinski definition) is 1. The number of nitrogens with one attached hydrogen (secondary N) is 1. The summed E-state index contributed by atoms with van der Waals surface area (Å²) in [6.07, 6.45) is -5.12. The van der Waals surface area contributed by atoms with Crippen LogP contribution in [0.5, 0.6) is 0 Å². The predicted molar refractivity (Wildman–Crippen MR) is 129 cm³/mol. The van der Waals surface area contributed by atoms with Gasteiger partial charge < -0.3 is 4.90 Å². The fourth-order valence-electron chi connectivity index (χ4n) is 4.21. The molecule has 1 aliphatic heterocycles. The Morgan fingerprint density at radius 2 is 1.41 bits per heavy atom. The molecule has 14 heteroatoms. The molecule has 0 saturated carbocycles. The second-order valence-electron chi connectivity index (χ2n) is 8.82. The highest BCUT2D eigenvalue weighted by Gasteiger charge is 2.39. The van der Waals surface area contributed by atoms with Crippen LogP contribution in [0.3, 0.4) is 0 Å². The summed E-state index contributed by atoms with van der Waals surface area (Å²) in [6.45, 7) is -0.0859. The quantitative estimate of drug-likeness (QED) is 0.431. The SMILES string of the molecule is O=C(c1cc(F)cc(F)c1)N1CCC(NS(=O)(=O)c2cc(S(=O)(=O)c3ccccc3)ccc2C(F)(F)F)CC1. The number of carbonyl (C=O) groups is 1. The zero-order valence-electron chi connectivity index (χ0n) is 20.0. The van der Waals surface area contributed by atoms with Crippen LogP contribution in [-0.4, -0.2) is 46.8 Å². The molecule has 0 aliphatic carbocycles. The van der Waals surface area contributed by atoms with Crippen LogP contribution in [0.1, 0.15) is 28.8 Å². The summed E-state index contributed by atoms with van der Waals surface area (Å²) < 4.78 is 122. The number of nitrogens with zero attached hydrogens (tertiary/aromatic N) is 1. The molecule has 39 heavy (non-hydrogen) atoms. The fourth-order valence-corrected chi connectivity index (χ4v) is 7.14. The van der Waals surface area contributed by atoms with E-state index < -0.39 is 65.0 Å². The molecule has 1 fully saturated rings. The second-order valence-corrected chi connectivity index (χ2v) is 12.5. The molecule has 1 amide bonds. The third kappa shape index (κ3) is 6.28. The van der Waals surface area contributed by atoms with E-state index in [-0.39, 0.29) is 36.4 Å². The highest BCUT2D eigenvalue weighted by molar-refractivity contribution is 7.91. The van der Waals surface area contributed by atoms with Crippen LogP contribution in [0.15, 0.2) is 81.4 Å². The molecule has 0 unspecified atom stereocenters. The van der Waals surface area contributed by atoms with Crippen molar-refractivity contribution < 1.29 is 43.6 Å². The van der Waals surface area contributed by atoms with E-state index in [9.17, 15) is 43.6 Å². The molecule has 1 heterocycles. The number of halogens is 5. The number of rotatable bonds is 6. The van der Waals surface area contributed by atoms with Gasteiger partial charge in [-0.1, -0.05) is 18.2 Å². The van der Waals surface area contributed by atoms with E-state index in [0.717, 1.165) is 12.1 Å². The number of alkyl halides is 3. The first-order valence-electron chi connectivity index (χ1n) is 11.5. The topological polar surface area (TPSA) is 101 Å². The number of benzene rings is 3. The van der Waals surface area contributed by atoms with E-state index in [4.69, 9.17) is 0 Å². The zero-order chi connectivity index (χ0) is 28.6. The molecule has 1 aliphatic rings. The Hall–Kier alpha value is -3.36. The molecule has 208 valence electrons. The van der Waals surface area contributed by atoms with Gasteiger partial charge in [0.15, 0.2) is 0 Å². The van der Waals surface area contributed by atoms with Gasteiger partial charge in [0.05, 0.1) is 20.2 Å². The lowest BCUT2D eigenvalue weighted by Crippen LogP contribution is -2.46. The molecule has 0 atom stereocenters. The van der Waals surface area contributed by atoms with E-state index in [1.807, 2.05) is 0 Å². The number of amides is 1.